The highest BCUT2D eigenvalue weighted by molar-refractivity contribution is 9.10. The van der Waals surface area contributed by atoms with Gasteiger partial charge >= 0.3 is 0 Å². The summed E-state index contributed by atoms with van der Waals surface area (Å²) >= 11 is 5.02. The molecule has 0 spiro atoms. The van der Waals surface area contributed by atoms with E-state index in [-0.39, 0.29) is 17.2 Å². The molecule has 2 amide bonds. The molecule has 0 unspecified atom stereocenters. The summed E-state index contributed by atoms with van der Waals surface area (Å²) in [7, 11) is 0. The molecule has 1 fully saturated rings. The maximum atomic E-state index is 12.5. The number of hydrogen-bond donors (Lipinski definition) is 1. The smallest absolute Gasteiger partial charge is 0.271 e. The zero-order valence-electron chi connectivity index (χ0n) is 17.5. The van der Waals surface area contributed by atoms with E-state index in [0.717, 1.165) is 26.9 Å². The first-order chi connectivity index (χ1) is 15.5. The fraction of sp³-hybridized carbons (Fsp3) is 0.160. The summed E-state index contributed by atoms with van der Waals surface area (Å²) < 4.78 is 0.989. The SMILES string of the molecule is C/C(=N/NC(=O)c1ccc([C@H]2SCC(=O)N2Cc2ccccc2)cc1)c1ccc(Br)cc1. The largest absolute Gasteiger partial charge is 0.322 e. The molecule has 1 aliphatic heterocycles. The monoisotopic (exact) mass is 507 g/mol. The number of nitrogens with zero attached hydrogens (tertiary/aromatic N) is 2. The van der Waals surface area contributed by atoms with E-state index in [0.29, 0.717) is 17.9 Å². The first-order valence-electron chi connectivity index (χ1n) is 10.2. The van der Waals surface area contributed by atoms with E-state index in [4.69, 9.17) is 0 Å². The minimum absolute atomic E-state index is 0.0579. The van der Waals surface area contributed by atoms with Gasteiger partial charge < -0.3 is 4.90 Å². The summed E-state index contributed by atoms with van der Waals surface area (Å²) in [6.07, 6.45) is 0. The molecule has 3 aromatic carbocycles. The maximum Gasteiger partial charge on any atom is 0.271 e. The van der Waals surface area contributed by atoms with Crippen molar-refractivity contribution in [3.63, 3.8) is 0 Å². The van der Waals surface area contributed by atoms with E-state index in [1.807, 2.05) is 78.6 Å². The maximum absolute atomic E-state index is 12.5. The van der Waals surface area contributed by atoms with Gasteiger partial charge in [0.15, 0.2) is 0 Å². The highest BCUT2D eigenvalue weighted by Gasteiger charge is 2.32. The number of carbonyl (C=O) groups is 2. The van der Waals surface area contributed by atoms with Gasteiger partial charge in [-0.25, -0.2) is 5.43 Å². The van der Waals surface area contributed by atoms with Gasteiger partial charge in [-0.1, -0.05) is 70.5 Å². The van der Waals surface area contributed by atoms with Crippen LogP contribution in [0.5, 0.6) is 0 Å². The molecule has 1 aliphatic rings. The van der Waals surface area contributed by atoms with Crippen molar-refractivity contribution in [2.75, 3.05) is 5.75 Å². The Kier molecular flexibility index (Phi) is 7.07. The van der Waals surface area contributed by atoms with Gasteiger partial charge in [0.1, 0.15) is 5.37 Å². The molecule has 7 heteroatoms. The van der Waals surface area contributed by atoms with Crippen LogP contribution in [-0.2, 0) is 11.3 Å². The van der Waals surface area contributed by atoms with Crippen LogP contribution in [0.3, 0.4) is 0 Å². The number of amides is 2. The Labute approximate surface area is 200 Å². The van der Waals surface area contributed by atoms with Crippen LogP contribution in [0.25, 0.3) is 0 Å². The summed E-state index contributed by atoms with van der Waals surface area (Å²) in [6.45, 7) is 2.42. The average molecular weight is 508 g/mol. The second-order valence-corrected chi connectivity index (χ2v) is 9.42. The highest BCUT2D eigenvalue weighted by atomic mass is 79.9. The summed E-state index contributed by atoms with van der Waals surface area (Å²) in [4.78, 5) is 26.9. The lowest BCUT2D eigenvalue weighted by molar-refractivity contribution is -0.128. The van der Waals surface area contributed by atoms with Crippen molar-refractivity contribution in [3.05, 3.63) is 106 Å². The number of hydrazone groups is 1. The van der Waals surface area contributed by atoms with Crippen LogP contribution in [0.1, 0.15) is 39.3 Å². The lowest BCUT2D eigenvalue weighted by atomic mass is 10.1. The van der Waals surface area contributed by atoms with Gasteiger partial charge in [0.2, 0.25) is 5.91 Å². The third-order valence-electron chi connectivity index (χ3n) is 5.21. The van der Waals surface area contributed by atoms with Crippen molar-refractivity contribution in [3.8, 4) is 0 Å². The lowest BCUT2D eigenvalue weighted by Crippen LogP contribution is -2.27. The second-order valence-electron chi connectivity index (χ2n) is 7.44. The number of thioether (sulfide) groups is 1. The van der Waals surface area contributed by atoms with Gasteiger partial charge in [0.25, 0.3) is 5.91 Å². The topological polar surface area (TPSA) is 61.8 Å². The number of nitrogens with one attached hydrogen (secondary N) is 1. The first kappa shape index (κ1) is 22.3. The molecule has 4 rings (SSSR count). The molecule has 1 atom stereocenters. The van der Waals surface area contributed by atoms with Crippen LogP contribution in [0.2, 0.25) is 0 Å². The third kappa shape index (κ3) is 5.29. The van der Waals surface area contributed by atoms with Crippen molar-refractivity contribution in [1.29, 1.82) is 0 Å². The zero-order valence-corrected chi connectivity index (χ0v) is 19.9. The first-order valence-corrected chi connectivity index (χ1v) is 12.0. The molecule has 3 aromatic rings. The van der Waals surface area contributed by atoms with Gasteiger partial charge in [-0.15, -0.1) is 11.8 Å². The fourth-order valence-corrected chi connectivity index (χ4v) is 4.89. The minimum atomic E-state index is -0.274. The van der Waals surface area contributed by atoms with Crippen molar-refractivity contribution < 1.29 is 9.59 Å². The van der Waals surface area contributed by atoms with Crippen molar-refractivity contribution >= 4 is 45.2 Å². The number of benzene rings is 3. The Morgan fingerprint density at radius 3 is 2.38 bits per heavy atom. The van der Waals surface area contributed by atoms with E-state index < -0.39 is 0 Å². The molecule has 0 saturated carbocycles. The van der Waals surface area contributed by atoms with E-state index in [1.165, 1.54) is 0 Å². The lowest BCUT2D eigenvalue weighted by Gasteiger charge is -2.24. The molecule has 162 valence electrons. The molecule has 0 radical (unpaired) electrons. The number of hydrogen-bond acceptors (Lipinski definition) is 4. The number of halogens is 1. The Morgan fingerprint density at radius 2 is 1.69 bits per heavy atom. The predicted molar refractivity (Wildman–Crippen MR) is 132 cm³/mol. The standard InChI is InChI=1S/C25H22BrN3O2S/c1-17(19-11-13-22(26)14-12-19)27-28-24(31)20-7-9-21(10-8-20)25-29(23(30)16-32-25)15-18-5-3-2-4-6-18/h2-14,25H,15-16H2,1H3,(H,28,31)/b27-17-/t25-/m1/s1. The Bertz CT molecular complexity index is 1130. The van der Waals surface area contributed by atoms with Crippen LogP contribution in [0, 0.1) is 0 Å². The fourth-order valence-electron chi connectivity index (χ4n) is 3.44. The van der Waals surface area contributed by atoms with E-state index in [9.17, 15) is 9.59 Å². The Balaban J connectivity index is 1.42. The van der Waals surface area contributed by atoms with Gasteiger partial charge in [-0.2, -0.15) is 5.10 Å². The van der Waals surface area contributed by atoms with Gasteiger partial charge in [-0.3, -0.25) is 9.59 Å². The molecular formula is C25H22BrN3O2S. The van der Waals surface area contributed by atoms with E-state index >= 15 is 0 Å². The summed E-state index contributed by atoms with van der Waals surface area (Å²) in [5, 5.41) is 4.16. The molecular weight excluding hydrogens is 486 g/mol. The quantitative estimate of drug-likeness (QED) is 0.360. The summed E-state index contributed by atoms with van der Waals surface area (Å²) in [5.41, 5.74) is 6.90. The highest BCUT2D eigenvalue weighted by Crippen LogP contribution is 2.39. The number of carbonyl (C=O) groups excluding carboxylic acids is 2. The van der Waals surface area contributed by atoms with E-state index in [2.05, 4.69) is 26.5 Å². The van der Waals surface area contributed by atoms with E-state index in [1.54, 1.807) is 23.9 Å². The zero-order chi connectivity index (χ0) is 22.5. The average Bonchev–Trinajstić information content (AvgIpc) is 3.18. The number of rotatable bonds is 6. The van der Waals surface area contributed by atoms with Crippen molar-refractivity contribution in [1.82, 2.24) is 10.3 Å². The summed E-state index contributed by atoms with van der Waals surface area (Å²) in [6, 6.07) is 25.1. The molecule has 1 heterocycles. The van der Waals surface area contributed by atoms with Crippen molar-refractivity contribution in [2.45, 2.75) is 18.8 Å². The van der Waals surface area contributed by atoms with Gasteiger partial charge in [0, 0.05) is 16.6 Å². The normalized spacial score (nSPS) is 16.3. The summed E-state index contributed by atoms with van der Waals surface area (Å²) in [5.74, 6) is 0.316. The molecule has 5 nitrogen and oxygen atoms in total. The molecule has 0 aromatic heterocycles. The van der Waals surface area contributed by atoms with Crippen LogP contribution in [0.15, 0.2) is 88.4 Å². The molecule has 32 heavy (non-hydrogen) atoms. The molecule has 1 saturated heterocycles. The molecule has 0 aliphatic carbocycles. The second kappa shape index (κ2) is 10.1. The van der Waals surface area contributed by atoms with Gasteiger partial charge in [0.05, 0.1) is 11.5 Å². The van der Waals surface area contributed by atoms with Gasteiger partial charge in [-0.05, 0) is 47.9 Å². The van der Waals surface area contributed by atoms with Crippen LogP contribution >= 0.6 is 27.7 Å². The molecule has 0 bridgehead atoms. The molecule has 1 N–H and O–H groups in total. The predicted octanol–water partition coefficient (Wildman–Crippen LogP) is 5.38. The van der Waals surface area contributed by atoms with Crippen LogP contribution in [-0.4, -0.2) is 28.2 Å². The Morgan fingerprint density at radius 1 is 1.03 bits per heavy atom. The third-order valence-corrected chi connectivity index (χ3v) is 6.99. The van der Waals surface area contributed by atoms with Crippen molar-refractivity contribution in [2.24, 2.45) is 5.10 Å². The minimum Gasteiger partial charge on any atom is -0.322 e. The van der Waals surface area contributed by atoms with Crippen LogP contribution in [0.4, 0.5) is 0 Å². The Hall–Kier alpha value is -2.90. The van der Waals surface area contributed by atoms with Crippen LogP contribution < -0.4 is 5.43 Å².